The van der Waals surface area contributed by atoms with Crippen molar-refractivity contribution in [2.45, 2.75) is 6.61 Å². The van der Waals surface area contributed by atoms with Gasteiger partial charge in [-0.15, -0.1) is 0 Å². The van der Waals surface area contributed by atoms with Gasteiger partial charge in [0.2, 0.25) is 5.76 Å². The van der Waals surface area contributed by atoms with Crippen molar-refractivity contribution in [3.8, 4) is 5.75 Å². The number of carbonyl (C=O) groups is 1. The van der Waals surface area contributed by atoms with E-state index in [0.717, 1.165) is 0 Å². The van der Waals surface area contributed by atoms with E-state index in [9.17, 15) is 9.18 Å². The molecule has 94 valence electrons. The molecular weight excluding hydrogens is 307 g/mol. The van der Waals surface area contributed by atoms with E-state index in [1.807, 2.05) is 0 Å². The molecule has 1 N–H and O–H groups in total. The Morgan fingerprint density at radius 1 is 1.44 bits per heavy atom. The summed E-state index contributed by atoms with van der Waals surface area (Å²) >= 11 is 3.21. The summed E-state index contributed by atoms with van der Waals surface area (Å²) < 4.78 is 23.7. The Kier molecular flexibility index (Phi) is 3.66. The molecule has 0 aliphatic rings. The third kappa shape index (κ3) is 2.70. The normalized spacial score (nSPS) is 10.3. The van der Waals surface area contributed by atoms with Crippen LogP contribution in [0.1, 0.15) is 16.1 Å². The molecule has 0 fully saturated rings. The number of hydrogen-bond donors (Lipinski definition) is 1. The van der Waals surface area contributed by atoms with Crippen LogP contribution < -0.4 is 4.74 Å². The fourth-order valence-electron chi connectivity index (χ4n) is 1.38. The van der Waals surface area contributed by atoms with E-state index in [1.54, 1.807) is 0 Å². The number of furan rings is 1. The lowest BCUT2D eigenvalue weighted by molar-refractivity contribution is 0.0658. The smallest absolute Gasteiger partial charge is 0.372 e. The molecule has 0 saturated heterocycles. The lowest BCUT2D eigenvalue weighted by atomic mass is 10.2. The zero-order chi connectivity index (χ0) is 13.1. The molecule has 4 nitrogen and oxygen atoms in total. The van der Waals surface area contributed by atoms with Crippen LogP contribution in [0, 0.1) is 5.82 Å². The molecule has 0 aliphatic heterocycles. The van der Waals surface area contributed by atoms with Crippen LogP contribution in [-0.2, 0) is 6.61 Å². The quantitative estimate of drug-likeness (QED) is 0.939. The molecule has 0 spiro atoms. The molecule has 1 aromatic heterocycles. The van der Waals surface area contributed by atoms with E-state index in [2.05, 4.69) is 15.9 Å². The highest BCUT2D eigenvalue weighted by atomic mass is 79.9. The molecule has 0 saturated carbocycles. The minimum Gasteiger partial charge on any atom is -0.487 e. The fourth-order valence-corrected chi connectivity index (χ4v) is 1.74. The van der Waals surface area contributed by atoms with Crippen LogP contribution in [-0.4, -0.2) is 11.1 Å². The zero-order valence-electron chi connectivity index (χ0n) is 9.02. The second-order valence-electron chi connectivity index (χ2n) is 3.44. The maximum atomic E-state index is 13.0. The van der Waals surface area contributed by atoms with E-state index in [1.165, 1.54) is 30.5 Å². The maximum Gasteiger partial charge on any atom is 0.372 e. The van der Waals surface area contributed by atoms with Gasteiger partial charge in [0.1, 0.15) is 18.2 Å². The van der Waals surface area contributed by atoms with Gasteiger partial charge in [0, 0.05) is 11.6 Å². The van der Waals surface area contributed by atoms with E-state index in [0.29, 0.717) is 15.8 Å². The first-order chi connectivity index (χ1) is 8.58. The van der Waals surface area contributed by atoms with Crippen LogP contribution in [0.4, 0.5) is 4.39 Å². The largest absolute Gasteiger partial charge is 0.487 e. The van der Waals surface area contributed by atoms with Crippen LogP contribution in [0.5, 0.6) is 5.75 Å². The maximum absolute atomic E-state index is 13.0. The van der Waals surface area contributed by atoms with Crippen LogP contribution in [0.15, 0.2) is 39.4 Å². The average molecular weight is 315 g/mol. The second kappa shape index (κ2) is 5.22. The van der Waals surface area contributed by atoms with E-state index < -0.39 is 11.8 Å². The van der Waals surface area contributed by atoms with E-state index >= 15 is 0 Å². The summed E-state index contributed by atoms with van der Waals surface area (Å²) in [6, 6.07) is 5.51. The SMILES string of the molecule is O=C(O)c1occc1COc1cc(F)ccc1Br. The molecule has 2 aromatic rings. The van der Waals surface area contributed by atoms with Crippen molar-refractivity contribution >= 4 is 21.9 Å². The van der Waals surface area contributed by atoms with Gasteiger partial charge in [-0.05, 0) is 34.1 Å². The van der Waals surface area contributed by atoms with Crippen molar-refractivity contribution in [1.82, 2.24) is 0 Å². The first kappa shape index (κ1) is 12.6. The lowest BCUT2D eigenvalue weighted by Crippen LogP contribution is -2.03. The molecule has 2 rings (SSSR count). The third-order valence-corrected chi connectivity index (χ3v) is 2.87. The van der Waals surface area contributed by atoms with Crippen LogP contribution >= 0.6 is 15.9 Å². The lowest BCUT2D eigenvalue weighted by Gasteiger charge is -2.07. The molecule has 1 heterocycles. The van der Waals surface area contributed by atoms with Gasteiger partial charge < -0.3 is 14.3 Å². The van der Waals surface area contributed by atoms with Gasteiger partial charge in [0.25, 0.3) is 0 Å². The summed E-state index contributed by atoms with van der Waals surface area (Å²) in [6.45, 7) is -0.0137. The fraction of sp³-hybridized carbons (Fsp3) is 0.0833. The Morgan fingerprint density at radius 3 is 2.94 bits per heavy atom. The van der Waals surface area contributed by atoms with Crippen molar-refractivity contribution in [3.63, 3.8) is 0 Å². The number of carboxylic acids is 1. The highest BCUT2D eigenvalue weighted by molar-refractivity contribution is 9.10. The molecule has 0 amide bonds. The average Bonchev–Trinajstić information content (AvgIpc) is 2.79. The molecular formula is C12H8BrFO4. The van der Waals surface area contributed by atoms with Crippen molar-refractivity contribution in [2.75, 3.05) is 0 Å². The van der Waals surface area contributed by atoms with Gasteiger partial charge in [-0.1, -0.05) is 0 Å². The van der Waals surface area contributed by atoms with Crippen LogP contribution in [0.25, 0.3) is 0 Å². The number of carboxylic acid groups (broad SMARTS) is 1. The number of halogens is 2. The summed E-state index contributed by atoms with van der Waals surface area (Å²) in [6.07, 6.45) is 1.27. The van der Waals surface area contributed by atoms with Gasteiger partial charge in [-0.2, -0.15) is 0 Å². The van der Waals surface area contributed by atoms with Gasteiger partial charge in [-0.3, -0.25) is 0 Å². The number of rotatable bonds is 4. The number of ether oxygens (including phenoxy) is 1. The summed E-state index contributed by atoms with van der Waals surface area (Å²) in [7, 11) is 0. The molecule has 1 aromatic carbocycles. The molecule has 0 bridgehead atoms. The van der Waals surface area contributed by atoms with Crippen LogP contribution in [0.2, 0.25) is 0 Å². The van der Waals surface area contributed by atoms with E-state index in [4.69, 9.17) is 14.3 Å². The molecule has 0 aliphatic carbocycles. The highest BCUT2D eigenvalue weighted by Crippen LogP contribution is 2.26. The Balaban J connectivity index is 2.14. The summed E-state index contributed by atoms with van der Waals surface area (Å²) in [4.78, 5) is 10.8. The Hall–Kier alpha value is -1.82. The topological polar surface area (TPSA) is 59.7 Å². The Labute approximate surface area is 110 Å². The third-order valence-electron chi connectivity index (χ3n) is 2.22. The Morgan fingerprint density at radius 2 is 2.22 bits per heavy atom. The van der Waals surface area contributed by atoms with Crippen molar-refractivity contribution in [1.29, 1.82) is 0 Å². The number of aromatic carboxylic acids is 1. The second-order valence-corrected chi connectivity index (χ2v) is 4.30. The van der Waals surface area contributed by atoms with Gasteiger partial charge >= 0.3 is 5.97 Å². The predicted octanol–water partition coefficient (Wildman–Crippen LogP) is 3.46. The summed E-state index contributed by atoms with van der Waals surface area (Å²) in [5, 5.41) is 8.83. The summed E-state index contributed by atoms with van der Waals surface area (Å²) in [5.41, 5.74) is 0.388. The standard InChI is InChI=1S/C12H8BrFO4/c13-9-2-1-8(14)5-10(9)18-6-7-3-4-17-11(7)12(15)16/h1-5H,6H2,(H,15,16). The molecule has 6 heteroatoms. The minimum atomic E-state index is -1.17. The predicted molar refractivity (Wildman–Crippen MR) is 64.1 cm³/mol. The molecule has 0 radical (unpaired) electrons. The molecule has 18 heavy (non-hydrogen) atoms. The van der Waals surface area contributed by atoms with Gasteiger partial charge in [0.05, 0.1) is 10.7 Å². The number of benzene rings is 1. The number of hydrogen-bond acceptors (Lipinski definition) is 3. The monoisotopic (exact) mass is 314 g/mol. The van der Waals surface area contributed by atoms with Gasteiger partial charge in [-0.25, -0.2) is 9.18 Å². The minimum absolute atomic E-state index is 0.0137. The van der Waals surface area contributed by atoms with Crippen molar-refractivity contribution < 1.29 is 23.4 Å². The first-order valence-corrected chi connectivity index (χ1v) is 5.74. The Bertz CT molecular complexity index is 579. The highest BCUT2D eigenvalue weighted by Gasteiger charge is 2.14. The van der Waals surface area contributed by atoms with Crippen molar-refractivity contribution in [2.24, 2.45) is 0 Å². The molecule has 0 atom stereocenters. The van der Waals surface area contributed by atoms with Crippen molar-refractivity contribution in [3.05, 3.63) is 52.1 Å². The first-order valence-electron chi connectivity index (χ1n) is 4.95. The summed E-state index contributed by atoms with van der Waals surface area (Å²) in [5.74, 6) is -1.48. The van der Waals surface area contributed by atoms with Crippen LogP contribution in [0.3, 0.4) is 0 Å². The van der Waals surface area contributed by atoms with E-state index in [-0.39, 0.29) is 12.4 Å². The van der Waals surface area contributed by atoms with Gasteiger partial charge in [0.15, 0.2) is 0 Å². The zero-order valence-corrected chi connectivity index (χ0v) is 10.6. The molecule has 0 unspecified atom stereocenters.